The molecule has 1 aliphatic rings. The maximum Gasteiger partial charge on any atom is 0.258 e. The molecule has 1 N–H and O–H groups in total. The van der Waals surface area contributed by atoms with Gasteiger partial charge in [0.2, 0.25) is 0 Å². The number of carbonyl (C=O) groups excluding carboxylic acids is 2. The molecule has 170 valence electrons. The summed E-state index contributed by atoms with van der Waals surface area (Å²) in [6.07, 6.45) is 0.816. The number of halogens is 1. The molecule has 2 heterocycles. The molecule has 1 aliphatic heterocycles. The van der Waals surface area contributed by atoms with Gasteiger partial charge in [0.25, 0.3) is 11.8 Å². The summed E-state index contributed by atoms with van der Waals surface area (Å²) in [7, 11) is 0. The molecule has 4 aromatic rings. The Hall–Kier alpha value is -3.77. The van der Waals surface area contributed by atoms with Crippen LogP contribution in [0.1, 0.15) is 47.8 Å². The molecule has 1 aromatic heterocycles. The fourth-order valence-electron chi connectivity index (χ4n) is 4.37. The third-order valence-corrected chi connectivity index (χ3v) is 7.23. The minimum atomic E-state index is -0.420. The molecule has 3 aromatic carbocycles. The topological polar surface area (TPSA) is 49.4 Å². The van der Waals surface area contributed by atoms with Gasteiger partial charge >= 0.3 is 0 Å². The molecule has 0 unspecified atom stereocenters. The summed E-state index contributed by atoms with van der Waals surface area (Å²) in [5.41, 5.74) is 5.69. The molecule has 0 atom stereocenters. The first-order valence-corrected chi connectivity index (χ1v) is 11.9. The largest absolute Gasteiger partial charge is 0.322 e. The second kappa shape index (κ2) is 8.88. The highest BCUT2D eigenvalue weighted by molar-refractivity contribution is 7.10. The Bertz CT molecular complexity index is 1430. The van der Waals surface area contributed by atoms with Crippen molar-refractivity contribution in [2.75, 3.05) is 10.2 Å². The molecule has 2 amide bonds. The number of rotatable bonds is 3. The minimum Gasteiger partial charge on any atom is -0.322 e. The van der Waals surface area contributed by atoms with Gasteiger partial charge in [0, 0.05) is 33.8 Å². The van der Waals surface area contributed by atoms with Crippen LogP contribution < -0.4 is 10.2 Å². The van der Waals surface area contributed by atoms with Gasteiger partial charge in [-0.05, 0) is 83.9 Å². The zero-order valence-corrected chi connectivity index (χ0v) is 19.7. The van der Waals surface area contributed by atoms with Gasteiger partial charge in [0.1, 0.15) is 5.82 Å². The fourth-order valence-corrected chi connectivity index (χ4v) is 5.29. The average molecular weight is 471 g/mol. The van der Waals surface area contributed by atoms with E-state index >= 15 is 0 Å². The monoisotopic (exact) mass is 470 g/mol. The molecule has 34 heavy (non-hydrogen) atoms. The van der Waals surface area contributed by atoms with E-state index in [2.05, 4.69) is 22.8 Å². The lowest BCUT2D eigenvalue weighted by Crippen LogP contribution is -2.31. The van der Waals surface area contributed by atoms with Crippen LogP contribution in [-0.2, 0) is 13.0 Å². The van der Waals surface area contributed by atoms with E-state index in [0.29, 0.717) is 23.4 Å². The molecule has 4 nitrogen and oxygen atoms in total. The third kappa shape index (κ3) is 4.01. The number of anilines is 2. The van der Waals surface area contributed by atoms with Crippen LogP contribution >= 0.6 is 11.3 Å². The van der Waals surface area contributed by atoms with Crippen LogP contribution in [0, 0.1) is 19.7 Å². The lowest BCUT2D eigenvalue weighted by molar-refractivity contribution is 0.0983. The summed E-state index contributed by atoms with van der Waals surface area (Å²) in [5, 5.41) is 4.89. The molecule has 0 aliphatic carbocycles. The van der Waals surface area contributed by atoms with Gasteiger partial charge in [-0.2, -0.15) is 0 Å². The number of nitrogens with one attached hydrogen (secondary N) is 1. The average Bonchev–Trinajstić information content (AvgIpc) is 3.19. The molecular weight excluding hydrogens is 447 g/mol. The Kier molecular flexibility index (Phi) is 5.75. The number of aryl methyl sites for hydroxylation is 1. The van der Waals surface area contributed by atoms with Crippen LogP contribution in [0.5, 0.6) is 0 Å². The van der Waals surface area contributed by atoms with Gasteiger partial charge in [-0.25, -0.2) is 4.39 Å². The van der Waals surface area contributed by atoms with Crippen molar-refractivity contribution in [2.45, 2.75) is 26.8 Å². The number of thiophene rings is 1. The number of para-hydroxylation sites is 1. The molecule has 5 rings (SSSR count). The van der Waals surface area contributed by atoms with Gasteiger partial charge in [0.15, 0.2) is 0 Å². The zero-order valence-electron chi connectivity index (χ0n) is 18.9. The van der Waals surface area contributed by atoms with Gasteiger partial charge in [-0.3, -0.25) is 9.59 Å². The number of amides is 2. The van der Waals surface area contributed by atoms with Crippen molar-refractivity contribution in [1.82, 2.24) is 0 Å². The molecular formula is C28H23FN2O2S. The number of benzene rings is 3. The lowest BCUT2D eigenvalue weighted by Gasteiger charge is -2.24. The Morgan fingerprint density at radius 2 is 1.76 bits per heavy atom. The standard InChI is InChI=1S/C28H23FN2O2S/c1-17-14-21(30-27(32)23-7-5-8-24(29)18(23)2)10-11-22(17)28(33)31-16-20-12-13-34-26(20)15-19-6-3-4-9-25(19)31/h3-14H,15-16H2,1-2H3,(H,30,32). The maximum absolute atomic E-state index is 13.8. The second-order valence-electron chi connectivity index (χ2n) is 8.46. The molecule has 0 bridgehead atoms. The van der Waals surface area contributed by atoms with Gasteiger partial charge in [-0.15, -0.1) is 11.3 Å². The summed E-state index contributed by atoms with van der Waals surface area (Å²) in [6.45, 7) is 3.96. The SMILES string of the molecule is Cc1cc(NC(=O)c2cccc(F)c2C)ccc1C(=O)N1Cc2ccsc2Cc2ccccc21. The highest BCUT2D eigenvalue weighted by Gasteiger charge is 2.26. The van der Waals surface area contributed by atoms with Crippen LogP contribution in [0.2, 0.25) is 0 Å². The number of carbonyl (C=O) groups is 2. The van der Waals surface area contributed by atoms with Crippen LogP contribution in [0.3, 0.4) is 0 Å². The fraction of sp³-hybridized carbons (Fsp3) is 0.143. The van der Waals surface area contributed by atoms with Gasteiger partial charge in [-0.1, -0.05) is 24.3 Å². The number of fused-ring (bicyclic) bond motifs is 2. The van der Waals surface area contributed by atoms with Crippen molar-refractivity contribution in [3.8, 4) is 0 Å². The zero-order chi connectivity index (χ0) is 23.8. The molecule has 0 saturated carbocycles. The molecule has 0 fully saturated rings. The Labute approximate surface area is 201 Å². The summed E-state index contributed by atoms with van der Waals surface area (Å²) in [5.74, 6) is -0.888. The van der Waals surface area contributed by atoms with Crippen molar-refractivity contribution >= 4 is 34.5 Å². The molecule has 6 heteroatoms. The normalized spacial score (nSPS) is 12.5. The van der Waals surface area contributed by atoms with Crippen LogP contribution in [0.15, 0.2) is 72.1 Å². The molecule has 0 radical (unpaired) electrons. The van der Waals surface area contributed by atoms with Gasteiger partial charge < -0.3 is 10.2 Å². The minimum absolute atomic E-state index is 0.0807. The first kappa shape index (κ1) is 22.0. The van der Waals surface area contributed by atoms with Crippen molar-refractivity contribution in [3.63, 3.8) is 0 Å². The van der Waals surface area contributed by atoms with Crippen molar-refractivity contribution in [1.29, 1.82) is 0 Å². The van der Waals surface area contributed by atoms with Gasteiger partial charge in [0.05, 0.1) is 6.54 Å². The number of nitrogens with zero attached hydrogens (tertiary/aromatic N) is 1. The summed E-state index contributed by atoms with van der Waals surface area (Å²) in [6, 6.07) is 19.8. The van der Waals surface area contributed by atoms with Crippen molar-refractivity contribution in [2.24, 2.45) is 0 Å². The summed E-state index contributed by atoms with van der Waals surface area (Å²) in [4.78, 5) is 29.5. The van der Waals surface area contributed by atoms with E-state index < -0.39 is 5.82 Å². The van der Waals surface area contributed by atoms with E-state index in [1.165, 1.54) is 22.6 Å². The Morgan fingerprint density at radius 1 is 0.941 bits per heavy atom. The predicted octanol–water partition coefficient (Wildman–Crippen LogP) is 6.51. The van der Waals surface area contributed by atoms with E-state index in [1.807, 2.05) is 30.0 Å². The Morgan fingerprint density at radius 3 is 2.59 bits per heavy atom. The second-order valence-corrected chi connectivity index (χ2v) is 9.46. The Balaban J connectivity index is 1.43. The maximum atomic E-state index is 13.8. The van der Waals surface area contributed by atoms with E-state index in [9.17, 15) is 14.0 Å². The highest BCUT2D eigenvalue weighted by atomic mass is 32.1. The number of hydrogen-bond acceptors (Lipinski definition) is 3. The van der Waals surface area contributed by atoms with Crippen LogP contribution in [0.25, 0.3) is 0 Å². The third-order valence-electron chi connectivity index (χ3n) is 6.27. The molecule has 0 spiro atoms. The van der Waals surface area contributed by atoms with Crippen LogP contribution in [-0.4, -0.2) is 11.8 Å². The summed E-state index contributed by atoms with van der Waals surface area (Å²) < 4.78 is 13.8. The van der Waals surface area contributed by atoms with E-state index in [-0.39, 0.29) is 17.4 Å². The molecule has 0 saturated heterocycles. The van der Waals surface area contributed by atoms with E-state index in [1.54, 1.807) is 42.5 Å². The van der Waals surface area contributed by atoms with Crippen molar-refractivity contribution in [3.05, 3.63) is 116 Å². The summed E-state index contributed by atoms with van der Waals surface area (Å²) >= 11 is 1.72. The van der Waals surface area contributed by atoms with E-state index in [0.717, 1.165) is 23.2 Å². The quantitative estimate of drug-likeness (QED) is 0.371. The first-order chi connectivity index (χ1) is 16.4. The van der Waals surface area contributed by atoms with Crippen LogP contribution in [0.4, 0.5) is 15.8 Å². The van der Waals surface area contributed by atoms with E-state index in [4.69, 9.17) is 0 Å². The van der Waals surface area contributed by atoms with Crippen molar-refractivity contribution < 1.29 is 14.0 Å². The smallest absolute Gasteiger partial charge is 0.258 e. The highest BCUT2D eigenvalue weighted by Crippen LogP contribution is 2.34. The number of hydrogen-bond donors (Lipinski definition) is 1. The lowest BCUT2D eigenvalue weighted by atomic mass is 10.0. The predicted molar refractivity (Wildman–Crippen MR) is 134 cm³/mol. The first-order valence-electron chi connectivity index (χ1n) is 11.0.